The maximum Gasteiger partial charge on any atom is 0.255 e. The predicted molar refractivity (Wildman–Crippen MR) is 77.2 cm³/mol. The Morgan fingerprint density at radius 2 is 1.84 bits per heavy atom. The molecule has 19 heavy (non-hydrogen) atoms. The lowest BCUT2D eigenvalue weighted by molar-refractivity contribution is 0.0784. The van der Waals surface area contributed by atoms with Gasteiger partial charge in [-0.25, -0.2) is 0 Å². The average molecular weight is 279 g/mol. The van der Waals surface area contributed by atoms with Crippen molar-refractivity contribution in [3.05, 3.63) is 28.8 Å². The molecule has 2 atom stereocenters. The second-order valence-corrected chi connectivity index (χ2v) is 6.16. The molecule has 1 heterocycles. The number of fused-ring (bicyclic) bond motifs is 1. The predicted octanol–water partition coefficient (Wildman–Crippen LogP) is 3.18. The number of benzene rings is 1. The van der Waals surface area contributed by atoms with Gasteiger partial charge in [-0.3, -0.25) is 4.79 Å². The average Bonchev–Trinajstić information content (AvgIpc) is 2.81. The van der Waals surface area contributed by atoms with Gasteiger partial charge in [-0.1, -0.05) is 24.4 Å². The smallest absolute Gasteiger partial charge is 0.255 e. The molecule has 2 fully saturated rings. The molecule has 4 heteroatoms. The molecular formula is C15H19ClN2O. The molecule has 1 saturated heterocycles. The van der Waals surface area contributed by atoms with Gasteiger partial charge in [-0.2, -0.15) is 0 Å². The molecule has 102 valence electrons. The lowest BCUT2D eigenvalue weighted by Gasteiger charge is -2.22. The van der Waals surface area contributed by atoms with Gasteiger partial charge in [0.15, 0.2) is 0 Å². The zero-order valence-electron chi connectivity index (χ0n) is 10.9. The van der Waals surface area contributed by atoms with Crippen LogP contribution in [0, 0.1) is 11.8 Å². The molecule has 1 amide bonds. The van der Waals surface area contributed by atoms with Crippen LogP contribution in [-0.4, -0.2) is 23.9 Å². The summed E-state index contributed by atoms with van der Waals surface area (Å²) in [5.74, 6) is 1.45. The van der Waals surface area contributed by atoms with E-state index in [2.05, 4.69) is 0 Å². The number of rotatable bonds is 1. The van der Waals surface area contributed by atoms with Crippen molar-refractivity contribution in [3.8, 4) is 0 Å². The third-order valence-electron chi connectivity index (χ3n) is 4.49. The Labute approximate surface area is 118 Å². The zero-order chi connectivity index (χ0) is 13.4. The van der Waals surface area contributed by atoms with Crippen LogP contribution in [0.2, 0.25) is 5.02 Å². The summed E-state index contributed by atoms with van der Waals surface area (Å²) in [6.45, 7) is 1.79. The van der Waals surface area contributed by atoms with Gasteiger partial charge >= 0.3 is 0 Å². The third kappa shape index (κ3) is 2.44. The van der Waals surface area contributed by atoms with Gasteiger partial charge in [0.25, 0.3) is 5.91 Å². The SMILES string of the molecule is Nc1ccc(C(=O)N2CC3CCCCC3C2)c(Cl)c1. The fraction of sp³-hybridized carbons (Fsp3) is 0.533. The number of halogens is 1. The Balaban J connectivity index is 1.77. The van der Waals surface area contributed by atoms with Crippen molar-refractivity contribution in [1.29, 1.82) is 0 Å². The van der Waals surface area contributed by atoms with Crippen molar-refractivity contribution >= 4 is 23.2 Å². The number of likely N-dealkylation sites (tertiary alicyclic amines) is 1. The number of hydrogen-bond acceptors (Lipinski definition) is 2. The van der Waals surface area contributed by atoms with E-state index in [0.717, 1.165) is 13.1 Å². The van der Waals surface area contributed by atoms with E-state index in [9.17, 15) is 4.79 Å². The molecule has 1 saturated carbocycles. The highest BCUT2D eigenvalue weighted by atomic mass is 35.5. The molecule has 1 aromatic carbocycles. The second kappa shape index (κ2) is 5.04. The number of nitrogens with two attached hydrogens (primary N) is 1. The quantitative estimate of drug-likeness (QED) is 0.802. The van der Waals surface area contributed by atoms with Gasteiger partial charge in [0.1, 0.15) is 0 Å². The van der Waals surface area contributed by atoms with Gasteiger partial charge < -0.3 is 10.6 Å². The van der Waals surface area contributed by atoms with Gasteiger partial charge in [0.2, 0.25) is 0 Å². The van der Waals surface area contributed by atoms with Crippen LogP contribution in [0.5, 0.6) is 0 Å². The van der Waals surface area contributed by atoms with Crippen LogP contribution in [0.4, 0.5) is 5.69 Å². The summed E-state index contributed by atoms with van der Waals surface area (Å²) in [6, 6.07) is 5.13. The minimum Gasteiger partial charge on any atom is -0.399 e. The molecule has 2 aliphatic rings. The van der Waals surface area contributed by atoms with Crippen molar-refractivity contribution in [2.75, 3.05) is 18.8 Å². The lowest BCUT2D eigenvalue weighted by Crippen LogP contribution is -2.29. The standard InChI is InChI=1S/C15H19ClN2O/c16-14-7-12(17)5-6-13(14)15(19)18-8-10-3-1-2-4-11(10)9-18/h5-7,10-11H,1-4,8-9,17H2. The fourth-order valence-corrected chi connectivity index (χ4v) is 3.72. The summed E-state index contributed by atoms with van der Waals surface area (Å²) in [4.78, 5) is 14.5. The summed E-state index contributed by atoms with van der Waals surface area (Å²) in [7, 11) is 0. The van der Waals surface area contributed by atoms with E-state index >= 15 is 0 Å². The van der Waals surface area contributed by atoms with Crippen LogP contribution < -0.4 is 5.73 Å². The fourth-order valence-electron chi connectivity index (χ4n) is 3.45. The molecule has 0 spiro atoms. The number of amides is 1. The number of nitrogens with zero attached hydrogens (tertiary/aromatic N) is 1. The number of carbonyl (C=O) groups is 1. The van der Waals surface area contributed by atoms with E-state index in [-0.39, 0.29) is 5.91 Å². The van der Waals surface area contributed by atoms with E-state index in [1.54, 1.807) is 18.2 Å². The molecule has 0 radical (unpaired) electrons. The molecule has 0 bridgehead atoms. The van der Waals surface area contributed by atoms with Gasteiger partial charge in [0, 0.05) is 18.8 Å². The monoisotopic (exact) mass is 278 g/mol. The van der Waals surface area contributed by atoms with Crippen molar-refractivity contribution < 1.29 is 4.79 Å². The molecule has 3 nitrogen and oxygen atoms in total. The zero-order valence-corrected chi connectivity index (χ0v) is 11.7. The first-order chi connectivity index (χ1) is 9.15. The van der Waals surface area contributed by atoms with Crippen molar-refractivity contribution in [3.63, 3.8) is 0 Å². The minimum atomic E-state index is 0.0550. The lowest BCUT2D eigenvalue weighted by atomic mass is 9.82. The van der Waals surface area contributed by atoms with Crippen LogP contribution in [0.3, 0.4) is 0 Å². The van der Waals surface area contributed by atoms with E-state index in [4.69, 9.17) is 17.3 Å². The third-order valence-corrected chi connectivity index (χ3v) is 4.80. The number of nitrogen functional groups attached to an aromatic ring is 1. The summed E-state index contributed by atoms with van der Waals surface area (Å²) in [5.41, 5.74) is 6.84. The molecule has 1 aliphatic carbocycles. The van der Waals surface area contributed by atoms with Gasteiger partial charge in [0.05, 0.1) is 10.6 Å². The topological polar surface area (TPSA) is 46.3 Å². The van der Waals surface area contributed by atoms with Gasteiger partial charge in [-0.05, 0) is 42.9 Å². The van der Waals surface area contributed by atoms with Crippen LogP contribution >= 0.6 is 11.6 Å². The highest BCUT2D eigenvalue weighted by molar-refractivity contribution is 6.34. The Kier molecular flexibility index (Phi) is 3.40. The summed E-state index contributed by atoms with van der Waals surface area (Å²) in [6.07, 6.45) is 5.16. The van der Waals surface area contributed by atoms with Crippen molar-refractivity contribution in [1.82, 2.24) is 4.90 Å². The van der Waals surface area contributed by atoms with Crippen LogP contribution in [0.25, 0.3) is 0 Å². The summed E-state index contributed by atoms with van der Waals surface area (Å²) >= 11 is 6.13. The van der Waals surface area contributed by atoms with Crippen LogP contribution in [-0.2, 0) is 0 Å². The van der Waals surface area contributed by atoms with Crippen LogP contribution in [0.1, 0.15) is 36.0 Å². The maximum atomic E-state index is 12.5. The van der Waals surface area contributed by atoms with E-state index in [0.29, 0.717) is 28.1 Å². The molecule has 1 aliphatic heterocycles. The minimum absolute atomic E-state index is 0.0550. The summed E-state index contributed by atoms with van der Waals surface area (Å²) in [5, 5.41) is 0.458. The molecule has 1 aromatic rings. The summed E-state index contributed by atoms with van der Waals surface area (Å²) < 4.78 is 0. The van der Waals surface area contributed by atoms with Gasteiger partial charge in [-0.15, -0.1) is 0 Å². The van der Waals surface area contributed by atoms with Crippen molar-refractivity contribution in [2.24, 2.45) is 11.8 Å². The Bertz CT molecular complexity index is 489. The second-order valence-electron chi connectivity index (χ2n) is 5.75. The highest BCUT2D eigenvalue weighted by Gasteiger charge is 2.36. The Hall–Kier alpha value is -1.22. The Morgan fingerprint density at radius 3 is 2.42 bits per heavy atom. The molecule has 2 N–H and O–H groups in total. The molecule has 0 aromatic heterocycles. The highest BCUT2D eigenvalue weighted by Crippen LogP contribution is 2.37. The first kappa shape index (κ1) is 12.8. The van der Waals surface area contributed by atoms with E-state index in [1.165, 1.54) is 25.7 Å². The first-order valence-electron chi connectivity index (χ1n) is 6.99. The maximum absolute atomic E-state index is 12.5. The largest absolute Gasteiger partial charge is 0.399 e. The number of carbonyl (C=O) groups excluding carboxylic acids is 1. The van der Waals surface area contributed by atoms with Crippen molar-refractivity contribution in [2.45, 2.75) is 25.7 Å². The number of anilines is 1. The molecular weight excluding hydrogens is 260 g/mol. The number of hydrogen-bond donors (Lipinski definition) is 1. The molecule has 2 unspecified atom stereocenters. The Morgan fingerprint density at radius 1 is 1.21 bits per heavy atom. The normalized spacial score (nSPS) is 26.3. The molecule has 3 rings (SSSR count). The van der Waals surface area contributed by atoms with Crippen LogP contribution in [0.15, 0.2) is 18.2 Å². The first-order valence-corrected chi connectivity index (χ1v) is 7.37. The van der Waals surface area contributed by atoms with E-state index < -0.39 is 0 Å². The van der Waals surface area contributed by atoms with E-state index in [1.807, 2.05) is 4.90 Å².